The molecule has 0 bridgehead atoms. The summed E-state index contributed by atoms with van der Waals surface area (Å²) >= 11 is 0. The largest absolute Gasteiger partial charge is 0.481 e. The highest BCUT2D eigenvalue weighted by molar-refractivity contribution is 5.76. The molecule has 2 rings (SSSR count). The Kier molecular flexibility index (Phi) is 4.72. The van der Waals surface area contributed by atoms with E-state index in [9.17, 15) is 9.90 Å². The Morgan fingerprint density at radius 2 is 1.75 bits per heavy atom. The average molecular weight is 266 g/mol. The van der Waals surface area contributed by atoms with Crippen LogP contribution in [0.15, 0.2) is 60.7 Å². The molecule has 2 heteroatoms. The highest BCUT2D eigenvalue weighted by Crippen LogP contribution is 2.21. The summed E-state index contributed by atoms with van der Waals surface area (Å²) in [6, 6.07) is 17.6. The van der Waals surface area contributed by atoms with Crippen LogP contribution in [-0.2, 0) is 4.79 Å². The van der Waals surface area contributed by atoms with E-state index in [1.165, 1.54) is 0 Å². The van der Waals surface area contributed by atoms with E-state index in [1.54, 1.807) is 0 Å². The van der Waals surface area contributed by atoms with E-state index < -0.39 is 11.9 Å². The number of carboxylic acid groups (broad SMARTS) is 1. The molecule has 0 saturated heterocycles. The molecular formula is C18H18O2. The van der Waals surface area contributed by atoms with Crippen LogP contribution in [0.2, 0.25) is 0 Å². The van der Waals surface area contributed by atoms with E-state index >= 15 is 0 Å². The van der Waals surface area contributed by atoms with Gasteiger partial charge in [-0.1, -0.05) is 72.3 Å². The number of hydrogen-bond acceptors (Lipinski definition) is 1. The van der Waals surface area contributed by atoms with Crippen molar-refractivity contribution >= 4 is 12.0 Å². The number of benzene rings is 2. The normalized spacial score (nSPS) is 12.4. The molecule has 2 nitrogen and oxygen atoms in total. The molecule has 102 valence electrons. The van der Waals surface area contributed by atoms with Gasteiger partial charge in [0.15, 0.2) is 0 Å². The second kappa shape index (κ2) is 6.71. The smallest absolute Gasteiger partial charge is 0.311 e. The van der Waals surface area contributed by atoms with E-state index in [1.807, 2.05) is 73.7 Å². The minimum atomic E-state index is -0.786. The third kappa shape index (κ3) is 3.82. The van der Waals surface area contributed by atoms with Gasteiger partial charge in [0.1, 0.15) is 0 Å². The highest BCUT2D eigenvalue weighted by atomic mass is 16.4. The number of carbonyl (C=O) groups is 1. The Bertz CT molecular complexity index is 583. The zero-order valence-corrected chi connectivity index (χ0v) is 11.5. The second-order valence-corrected chi connectivity index (χ2v) is 4.85. The average Bonchev–Trinajstić information content (AvgIpc) is 2.46. The number of carboxylic acids is 1. The summed E-state index contributed by atoms with van der Waals surface area (Å²) in [5.41, 5.74) is 3.07. The number of rotatable bonds is 5. The van der Waals surface area contributed by atoms with Crippen molar-refractivity contribution in [3.05, 3.63) is 77.4 Å². The maximum Gasteiger partial charge on any atom is 0.311 e. The molecule has 0 spiro atoms. The molecule has 0 aromatic heterocycles. The molecule has 2 aromatic rings. The Morgan fingerprint density at radius 3 is 2.35 bits per heavy atom. The third-order valence-corrected chi connectivity index (χ3v) is 3.26. The van der Waals surface area contributed by atoms with Crippen LogP contribution in [0.1, 0.15) is 29.0 Å². The summed E-state index contributed by atoms with van der Waals surface area (Å²) in [6.45, 7) is 1.99. The standard InChI is InChI=1S/C18H18O2/c1-14-10-12-16(13-11-14)17(18(19)20)9-5-8-15-6-3-2-4-7-15/h2-8,10-13,17H,9H2,1H3,(H,19,20). The fourth-order valence-electron chi connectivity index (χ4n) is 2.08. The van der Waals surface area contributed by atoms with Crippen molar-refractivity contribution in [1.29, 1.82) is 0 Å². The lowest BCUT2D eigenvalue weighted by molar-refractivity contribution is -0.138. The molecule has 0 heterocycles. The zero-order valence-electron chi connectivity index (χ0n) is 11.5. The van der Waals surface area contributed by atoms with E-state index in [0.717, 1.165) is 16.7 Å². The lowest BCUT2D eigenvalue weighted by Gasteiger charge is -2.10. The summed E-state index contributed by atoms with van der Waals surface area (Å²) in [6.07, 6.45) is 4.38. The predicted molar refractivity (Wildman–Crippen MR) is 81.6 cm³/mol. The maximum atomic E-state index is 11.4. The van der Waals surface area contributed by atoms with Gasteiger partial charge in [-0.05, 0) is 24.5 Å². The lowest BCUT2D eigenvalue weighted by Crippen LogP contribution is -2.10. The lowest BCUT2D eigenvalue weighted by atomic mass is 9.94. The van der Waals surface area contributed by atoms with Crippen LogP contribution in [0.4, 0.5) is 0 Å². The monoisotopic (exact) mass is 266 g/mol. The first-order chi connectivity index (χ1) is 9.66. The van der Waals surface area contributed by atoms with Crippen molar-refractivity contribution in [1.82, 2.24) is 0 Å². The Morgan fingerprint density at radius 1 is 1.10 bits per heavy atom. The number of hydrogen-bond donors (Lipinski definition) is 1. The minimum Gasteiger partial charge on any atom is -0.481 e. The van der Waals surface area contributed by atoms with Crippen LogP contribution < -0.4 is 0 Å². The molecule has 0 saturated carbocycles. The molecule has 2 aromatic carbocycles. The molecule has 0 aliphatic rings. The highest BCUT2D eigenvalue weighted by Gasteiger charge is 2.17. The third-order valence-electron chi connectivity index (χ3n) is 3.26. The second-order valence-electron chi connectivity index (χ2n) is 4.85. The summed E-state index contributed by atoms with van der Waals surface area (Å²) in [5.74, 6) is -1.28. The topological polar surface area (TPSA) is 37.3 Å². The number of aliphatic carboxylic acids is 1. The molecule has 0 fully saturated rings. The van der Waals surface area contributed by atoms with Crippen LogP contribution in [0.25, 0.3) is 6.08 Å². The van der Waals surface area contributed by atoms with Crippen LogP contribution in [0, 0.1) is 6.92 Å². The van der Waals surface area contributed by atoms with Gasteiger partial charge in [0.2, 0.25) is 0 Å². The van der Waals surface area contributed by atoms with Crippen LogP contribution in [-0.4, -0.2) is 11.1 Å². The van der Waals surface area contributed by atoms with Crippen LogP contribution in [0.3, 0.4) is 0 Å². The van der Waals surface area contributed by atoms with Gasteiger partial charge in [-0.3, -0.25) is 4.79 Å². The van der Waals surface area contributed by atoms with Crippen molar-refractivity contribution < 1.29 is 9.90 Å². The molecule has 1 atom stereocenters. The van der Waals surface area contributed by atoms with Gasteiger partial charge in [0, 0.05) is 0 Å². The van der Waals surface area contributed by atoms with Gasteiger partial charge in [0.05, 0.1) is 5.92 Å². The predicted octanol–water partition coefficient (Wildman–Crippen LogP) is 4.27. The fraction of sp³-hybridized carbons (Fsp3) is 0.167. The molecular weight excluding hydrogens is 248 g/mol. The molecule has 0 aliphatic carbocycles. The van der Waals surface area contributed by atoms with Gasteiger partial charge in [-0.2, -0.15) is 0 Å². The van der Waals surface area contributed by atoms with E-state index in [-0.39, 0.29) is 0 Å². The summed E-state index contributed by atoms with van der Waals surface area (Å²) in [5, 5.41) is 9.36. The van der Waals surface area contributed by atoms with Crippen molar-refractivity contribution in [3.8, 4) is 0 Å². The molecule has 0 aliphatic heterocycles. The molecule has 20 heavy (non-hydrogen) atoms. The first-order valence-corrected chi connectivity index (χ1v) is 6.68. The van der Waals surface area contributed by atoms with Crippen molar-refractivity contribution in [3.63, 3.8) is 0 Å². The Labute approximate surface area is 119 Å². The molecule has 0 amide bonds. The first kappa shape index (κ1) is 14.1. The van der Waals surface area contributed by atoms with Gasteiger partial charge >= 0.3 is 5.97 Å². The maximum absolute atomic E-state index is 11.4. The number of aryl methyl sites for hydroxylation is 1. The van der Waals surface area contributed by atoms with Crippen molar-refractivity contribution in [2.24, 2.45) is 0 Å². The quantitative estimate of drug-likeness (QED) is 0.877. The molecule has 1 N–H and O–H groups in total. The first-order valence-electron chi connectivity index (χ1n) is 6.68. The van der Waals surface area contributed by atoms with Crippen LogP contribution >= 0.6 is 0 Å². The van der Waals surface area contributed by atoms with Gasteiger partial charge in [-0.15, -0.1) is 0 Å². The van der Waals surface area contributed by atoms with E-state index in [2.05, 4.69) is 0 Å². The van der Waals surface area contributed by atoms with Gasteiger partial charge < -0.3 is 5.11 Å². The van der Waals surface area contributed by atoms with E-state index in [4.69, 9.17) is 0 Å². The van der Waals surface area contributed by atoms with Crippen LogP contribution in [0.5, 0.6) is 0 Å². The van der Waals surface area contributed by atoms with E-state index in [0.29, 0.717) is 6.42 Å². The SMILES string of the molecule is Cc1ccc(C(CC=Cc2ccccc2)C(=O)O)cc1. The summed E-state index contributed by atoms with van der Waals surface area (Å²) in [7, 11) is 0. The summed E-state index contributed by atoms with van der Waals surface area (Å²) < 4.78 is 0. The fourth-order valence-corrected chi connectivity index (χ4v) is 2.08. The molecule has 1 unspecified atom stereocenters. The summed E-state index contributed by atoms with van der Waals surface area (Å²) in [4.78, 5) is 11.4. The molecule has 0 radical (unpaired) electrons. The number of allylic oxidation sites excluding steroid dienone is 1. The van der Waals surface area contributed by atoms with Gasteiger partial charge in [-0.25, -0.2) is 0 Å². The Hall–Kier alpha value is -2.35. The zero-order chi connectivity index (χ0) is 14.4. The van der Waals surface area contributed by atoms with Crippen molar-refractivity contribution in [2.45, 2.75) is 19.3 Å². The van der Waals surface area contributed by atoms with Crippen molar-refractivity contribution in [2.75, 3.05) is 0 Å². The minimum absolute atomic E-state index is 0.490. The van der Waals surface area contributed by atoms with Gasteiger partial charge in [0.25, 0.3) is 0 Å². The Balaban J connectivity index is 2.09.